The van der Waals surface area contributed by atoms with Gasteiger partial charge in [-0.1, -0.05) is 316 Å². The van der Waals surface area contributed by atoms with Gasteiger partial charge >= 0.3 is 11.9 Å². The summed E-state index contributed by atoms with van der Waals surface area (Å²) in [6.07, 6.45) is 96.0. The summed E-state index contributed by atoms with van der Waals surface area (Å²) in [6.45, 7) is 4.14. The van der Waals surface area contributed by atoms with Crippen LogP contribution in [0, 0.1) is 0 Å². The molecular weight excluding hydrogens is 1110 g/mol. The number of unbranched alkanes of at least 4 members (excludes halogenated alkanes) is 35. The molecule has 0 aromatic carbocycles. The van der Waals surface area contributed by atoms with Gasteiger partial charge in [0.05, 0.1) is 27.7 Å². The predicted molar refractivity (Wildman–Crippen MR) is 378 cm³/mol. The van der Waals surface area contributed by atoms with Gasteiger partial charge in [0.25, 0.3) is 7.82 Å². The summed E-state index contributed by atoms with van der Waals surface area (Å²) in [4.78, 5) is 38.1. The van der Waals surface area contributed by atoms with E-state index in [1.807, 2.05) is 21.1 Å². The maximum absolute atomic E-state index is 12.9. The lowest BCUT2D eigenvalue weighted by Gasteiger charge is -2.28. The predicted octanol–water partition coefficient (Wildman–Crippen LogP) is 23.4. The van der Waals surface area contributed by atoms with Crippen molar-refractivity contribution in [1.82, 2.24) is 0 Å². The molecule has 2 atom stereocenters. The Hall–Kier alpha value is -3.33. The van der Waals surface area contributed by atoms with E-state index in [4.69, 9.17) is 18.5 Å². The summed E-state index contributed by atoms with van der Waals surface area (Å²) in [5, 5.41) is 0. The van der Waals surface area contributed by atoms with Gasteiger partial charge in [-0.3, -0.25) is 14.2 Å². The van der Waals surface area contributed by atoms with Crippen molar-refractivity contribution >= 4 is 19.8 Å². The van der Waals surface area contributed by atoms with Gasteiger partial charge in [0.2, 0.25) is 0 Å². The van der Waals surface area contributed by atoms with Gasteiger partial charge in [0, 0.05) is 12.8 Å². The van der Waals surface area contributed by atoms with Crippen LogP contribution in [0.5, 0.6) is 0 Å². The molecule has 0 saturated heterocycles. The van der Waals surface area contributed by atoms with Crippen LogP contribution in [0.2, 0.25) is 0 Å². The molecule has 0 rings (SSSR count). The first kappa shape index (κ1) is 84.7. The van der Waals surface area contributed by atoms with Gasteiger partial charge in [0.15, 0.2) is 6.10 Å². The largest absolute Gasteiger partial charge is 0.756 e. The average Bonchev–Trinajstić information content (AvgIpc) is 3.68. The molecule has 0 spiro atoms. The number of carbonyl (C=O) groups is 2. The minimum absolute atomic E-state index is 0.0334. The number of ether oxygens (including phenoxy) is 2. The van der Waals surface area contributed by atoms with Gasteiger partial charge in [-0.25, -0.2) is 0 Å². The lowest BCUT2D eigenvalue weighted by Crippen LogP contribution is -2.37. The van der Waals surface area contributed by atoms with Crippen molar-refractivity contribution in [2.24, 2.45) is 0 Å². The first-order valence-corrected chi connectivity index (χ1v) is 38.1. The Morgan fingerprint density at radius 1 is 0.364 bits per heavy atom. The zero-order chi connectivity index (χ0) is 64.1. The van der Waals surface area contributed by atoms with Crippen molar-refractivity contribution < 1.29 is 42.1 Å². The maximum atomic E-state index is 12.9. The minimum atomic E-state index is -4.65. The fourth-order valence-corrected chi connectivity index (χ4v) is 10.9. The third-order valence-corrected chi connectivity index (χ3v) is 16.7. The first-order chi connectivity index (χ1) is 43.0. The molecule has 0 saturated carbocycles. The summed E-state index contributed by atoms with van der Waals surface area (Å²) in [7, 11) is 1.17. The van der Waals surface area contributed by atoms with E-state index >= 15 is 0 Å². The zero-order valence-electron chi connectivity index (χ0n) is 57.9. The van der Waals surface area contributed by atoms with Crippen LogP contribution in [-0.4, -0.2) is 70.0 Å². The molecule has 508 valence electrons. The highest BCUT2D eigenvalue weighted by Gasteiger charge is 2.22. The van der Waals surface area contributed by atoms with Gasteiger partial charge in [-0.15, -0.1) is 0 Å². The number of phosphoric ester groups is 1. The topological polar surface area (TPSA) is 111 Å². The highest BCUT2D eigenvalue weighted by Crippen LogP contribution is 2.38. The van der Waals surface area contributed by atoms with E-state index in [9.17, 15) is 19.0 Å². The minimum Gasteiger partial charge on any atom is -0.756 e. The Labute approximate surface area is 544 Å². The highest BCUT2D eigenvalue weighted by molar-refractivity contribution is 7.45. The molecular formula is C78H138NO8P. The number of phosphoric acid groups is 1. The molecule has 88 heavy (non-hydrogen) atoms. The number of quaternary nitrogens is 1. The third-order valence-electron chi connectivity index (χ3n) is 15.8. The Morgan fingerprint density at radius 2 is 0.648 bits per heavy atom. The van der Waals surface area contributed by atoms with E-state index in [-0.39, 0.29) is 32.0 Å². The molecule has 0 bridgehead atoms. The average molecular weight is 1250 g/mol. The van der Waals surface area contributed by atoms with Gasteiger partial charge < -0.3 is 27.9 Å². The van der Waals surface area contributed by atoms with Crippen LogP contribution in [0.3, 0.4) is 0 Å². The summed E-state index contributed by atoms with van der Waals surface area (Å²) in [6, 6.07) is 0. The fourth-order valence-electron chi connectivity index (χ4n) is 10.2. The van der Waals surface area contributed by atoms with Gasteiger partial charge in [-0.2, -0.15) is 0 Å². The highest BCUT2D eigenvalue weighted by atomic mass is 31.2. The van der Waals surface area contributed by atoms with Crippen LogP contribution in [-0.2, 0) is 32.7 Å². The molecule has 0 N–H and O–H groups in total. The number of esters is 2. The molecule has 0 radical (unpaired) electrons. The summed E-state index contributed by atoms with van der Waals surface area (Å²) < 4.78 is 34.4. The Balaban J connectivity index is 4.01. The van der Waals surface area contributed by atoms with E-state index in [0.29, 0.717) is 17.4 Å². The number of likely N-dealkylation sites (N-methyl/N-ethyl adjacent to an activating group) is 1. The number of rotatable bonds is 67. The Kier molecular flexibility index (Phi) is 65.5. The molecule has 0 aromatic rings. The van der Waals surface area contributed by atoms with Crippen molar-refractivity contribution in [3.63, 3.8) is 0 Å². The van der Waals surface area contributed by atoms with E-state index in [2.05, 4.69) is 123 Å². The van der Waals surface area contributed by atoms with E-state index in [0.717, 1.165) is 89.9 Å². The Morgan fingerprint density at radius 3 is 0.966 bits per heavy atom. The second kappa shape index (κ2) is 68.0. The van der Waals surface area contributed by atoms with Crippen molar-refractivity contribution in [2.45, 2.75) is 328 Å². The number of hydrogen-bond acceptors (Lipinski definition) is 8. The van der Waals surface area contributed by atoms with Crippen LogP contribution < -0.4 is 4.89 Å². The van der Waals surface area contributed by atoms with Crippen molar-refractivity contribution in [1.29, 1.82) is 0 Å². The Bertz CT molecular complexity index is 1850. The molecule has 10 heteroatoms. The molecule has 0 fully saturated rings. The zero-order valence-corrected chi connectivity index (χ0v) is 58.8. The van der Waals surface area contributed by atoms with E-state index in [1.165, 1.54) is 199 Å². The normalized spacial score (nSPS) is 13.8. The smallest absolute Gasteiger partial charge is 0.306 e. The van der Waals surface area contributed by atoms with E-state index in [1.54, 1.807) is 0 Å². The van der Waals surface area contributed by atoms with Crippen molar-refractivity contribution in [3.8, 4) is 0 Å². The summed E-state index contributed by atoms with van der Waals surface area (Å²) in [5.41, 5.74) is 0. The number of hydrogen-bond donors (Lipinski definition) is 0. The molecule has 0 aliphatic heterocycles. The second-order valence-electron chi connectivity index (χ2n) is 25.6. The molecule has 0 heterocycles. The molecule has 0 aliphatic rings. The SMILES string of the molecule is CC/C=C\C/C=C\C/C=C\C/C=C\C/C=C\C/C=C\CCCCCCCCCCCCCCCCCCCCC(=O)OC(COC(=O)CCCCCCCCCCCCCC/C=C\C/C=C\C/C=C\CCCCCCC)COP(=O)([O-])OCC[N+](C)(C)C. The van der Waals surface area contributed by atoms with E-state index < -0.39 is 26.5 Å². The lowest BCUT2D eigenvalue weighted by atomic mass is 10.0. The summed E-state index contributed by atoms with van der Waals surface area (Å²) >= 11 is 0. The standard InChI is InChI=1S/C78H138NO8P/c1-6-8-10-12-14-16-18-20-22-24-26-28-30-32-34-35-36-37-38-39-40-41-42-43-45-47-49-51-53-55-57-59-61-63-65-67-69-71-78(81)87-76(75-86-88(82,83)85-73-72-79(3,4)5)74-84-77(80)70-68-66-64-62-60-58-56-54-52-50-48-46-44-33-31-29-27-25-23-21-19-17-15-13-11-9-7-2/h8,10,14,16,19-22,25-28,31-34,36-37,76H,6-7,9,11-13,15,17-18,23-24,29-30,35,38-75H2,1-5H3/b10-8-,16-14-,21-19-,22-20-,27-25-,28-26-,33-31-,34-32-,37-36-. The lowest BCUT2D eigenvalue weighted by molar-refractivity contribution is -0.870. The summed E-state index contributed by atoms with van der Waals surface area (Å²) in [5.74, 6) is -0.827. The second-order valence-corrected chi connectivity index (χ2v) is 27.0. The van der Waals surface area contributed by atoms with Crippen molar-refractivity contribution in [2.75, 3.05) is 47.5 Å². The third kappa shape index (κ3) is 71.7. The van der Waals surface area contributed by atoms with Gasteiger partial charge in [0.1, 0.15) is 19.8 Å². The van der Waals surface area contributed by atoms with Crippen LogP contribution in [0.25, 0.3) is 0 Å². The van der Waals surface area contributed by atoms with Gasteiger partial charge in [-0.05, 0) is 103 Å². The maximum Gasteiger partial charge on any atom is 0.306 e. The first-order valence-electron chi connectivity index (χ1n) is 36.6. The van der Waals surface area contributed by atoms with Crippen LogP contribution in [0.1, 0.15) is 322 Å². The molecule has 0 aromatic heterocycles. The van der Waals surface area contributed by atoms with Crippen LogP contribution >= 0.6 is 7.82 Å². The quantitative estimate of drug-likeness (QED) is 0.0195. The number of allylic oxidation sites excluding steroid dienone is 18. The molecule has 9 nitrogen and oxygen atoms in total. The molecule has 0 aliphatic carbocycles. The fraction of sp³-hybridized carbons (Fsp3) is 0.744. The van der Waals surface area contributed by atoms with Crippen LogP contribution in [0.4, 0.5) is 0 Å². The number of nitrogens with zero attached hydrogens (tertiary/aromatic N) is 1. The monoisotopic (exact) mass is 1250 g/mol. The van der Waals surface area contributed by atoms with Crippen LogP contribution in [0.15, 0.2) is 109 Å². The van der Waals surface area contributed by atoms with Crippen molar-refractivity contribution in [3.05, 3.63) is 109 Å². The molecule has 0 amide bonds. The number of carbonyl (C=O) groups excluding carboxylic acids is 2. The molecule has 2 unspecified atom stereocenters.